The average molecular weight is 293 g/mol. The van der Waals surface area contributed by atoms with Gasteiger partial charge in [-0.05, 0) is 43.2 Å². The van der Waals surface area contributed by atoms with E-state index in [0.717, 1.165) is 22.7 Å². The quantitative estimate of drug-likeness (QED) is 0.866. The molecular formula is C16H18ClFN2. The van der Waals surface area contributed by atoms with E-state index in [9.17, 15) is 4.39 Å². The summed E-state index contributed by atoms with van der Waals surface area (Å²) in [5, 5.41) is 4.23. The number of hydrogen-bond donors (Lipinski definition) is 1. The maximum atomic E-state index is 12.9. The fourth-order valence-electron chi connectivity index (χ4n) is 2.20. The molecule has 0 aliphatic heterocycles. The Morgan fingerprint density at radius 3 is 2.70 bits per heavy atom. The standard InChI is InChI=1S/C16H18ClFN2/c1-3-15(12-5-4-6-13(17)9-12)20-11(2)16-8-7-14(18)10-19-16/h4-11,15,20H,3H2,1-2H3. The highest BCUT2D eigenvalue weighted by atomic mass is 35.5. The molecule has 0 aliphatic rings. The van der Waals surface area contributed by atoms with Crippen LogP contribution in [0.5, 0.6) is 0 Å². The molecule has 1 N–H and O–H groups in total. The molecule has 2 rings (SSSR count). The molecule has 0 amide bonds. The van der Waals surface area contributed by atoms with Gasteiger partial charge in [0.05, 0.1) is 11.9 Å². The van der Waals surface area contributed by atoms with Gasteiger partial charge in [-0.25, -0.2) is 4.39 Å². The molecule has 2 nitrogen and oxygen atoms in total. The molecule has 0 saturated heterocycles. The molecule has 20 heavy (non-hydrogen) atoms. The summed E-state index contributed by atoms with van der Waals surface area (Å²) in [6.45, 7) is 4.14. The van der Waals surface area contributed by atoms with Crippen molar-refractivity contribution in [3.63, 3.8) is 0 Å². The van der Waals surface area contributed by atoms with E-state index < -0.39 is 0 Å². The Bertz CT molecular complexity index is 557. The lowest BCUT2D eigenvalue weighted by atomic mass is 10.0. The molecule has 0 radical (unpaired) electrons. The molecular weight excluding hydrogens is 275 g/mol. The molecule has 0 spiro atoms. The van der Waals surface area contributed by atoms with E-state index in [-0.39, 0.29) is 17.9 Å². The van der Waals surface area contributed by atoms with E-state index in [1.54, 1.807) is 6.07 Å². The summed E-state index contributed by atoms with van der Waals surface area (Å²) in [5.41, 5.74) is 1.97. The fraction of sp³-hybridized carbons (Fsp3) is 0.312. The first-order valence-electron chi connectivity index (χ1n) is 6.73. The van der Waals surface area contributed by atoms with Gasteiger partial charge in [0.1, 0.15) is 5.82 Å². The number of benzene rings is 1. The Morgan fingerprint density at radius 2 is 2.10 bits per heavy atom. The minimum absolute atomic E-state index is 0.0412. The molecule has 0 fully saturated rings. The highest BCUT2D eigenvalue weighted by Gasteiger charge is 2.14. The average Bonchev–Trinajstić information content (AvgIpc) is 2.45. The van der Waals surface area contributed by atoms with Crippen LogP contribution >= 0.6 is 11.6 Å². The predicted molar refractivity (Wildman–Crippen MR) is 80.2 cm³/mol. The molecule has 0 saturated carbocycles. The minimum atomic E-state index is -0.317. The number of halogens is 2. The van der Waals surface area contributed by atoms with Crippen LogP contribution in [-0.2, 0) is 0 Å². The lowest BCUT2D eigenvalue weighted by Crippen LogP contribution is -2.24. The van der Waals surface area contributed by atoms with Crippen molar-refractivity contribution in [2.75, 3.05) is 0 Å². The SMILES string of the molecule is CCC(NC(C)c1ccc(F)cn1)c1cccc(Cl)c1. The molecule has 0 bridgehead atoms. The number of rotatable bonds is 5. The van der Waals surface area contributed by atoms with Gasteiger partial charge in [0.15, 0.2) is 0 Å². The summed E-state index contributed by atoms with van der Waals surface area (Å²) in [6.07, 6.45) is 2.18. The summed E-state index contributed by atoms with van der Waals surface area (Å²) in [7, 11) is 0. The molecule has 1 aromatic carbocycles. The number of pyridine rings is 1. The maximum absolute atomic E-state index is 12.9. The van der Waals surface area contributed by atoms with Crippen LogP contribution in [0.25, 0.3) is 0 Å². The fourth-order valence-corrected chi connectivity index (χ4v) is 2.40. The van der Waals surface area contributed by atoms with Crippen molar-refractivity contribution >= 4 is 11.6 Å². The highest BCUT2D eigenvalue weighted by molar-refractivity contribution is 6.30. The smallest absolute Gasteiger partial charge is 0.141 e. The second kappa shape index (κ2) is 6.82. The zero-order valence-electron chi connectivity index (χ0n) is 11.6. The van der Waals surface area contributed by atoms with Crippen molar-refractivity contribution in [2.24, 2.45) is 0 Å². The van der Waals surface area contributed by atoms with Crippen molar-refractivity contribution < 1.29 is 4.39 Å². The van der Waals surface area contributed by atoms with Crippen LogP contribution in [0.1, 0.15) is 43.6 Å². The normalized spacial score (nSPS) is 14.0. The summed E-state index contributed by atoms with van der Waals surface area (Å²) < 4.78 is 12.9. The van der Waals surface area contributed by atoms with Gasteiger partial charge in [-0.1, -0.05) is 30.7 Å². The molecule has 1 heterocycles. The van der Waals surface area contributed by atoms with Gasteiger partial charge in [0.25, 0.3) is 0 Å². The van der Waals surface area contributed by atoms with Crippen LogP contribution in [0.15, 0.2) is 42.6 Å². The number of hydrogen-bond acceptors (Lipinski definition) is 2. The summed E-state index contributed by atoms with van der Waals surface area (Å²) in [6, 6.07) is 11.2. The van der Waals surface area contributed by atoms with E-state index in [1.807, 2.05) is 25.1 Å². The van der Waals surface area contributed by atoms with E-state index in [4.69, 9.17) is 11.6 Å². The van der Waals surface area contributed by atoms with E-state index in [2.05, 4.69) is 23.3 Å². The number of aromatic nitrogens is 1. The summed E-state index contributed by atoms with van der Waals surface area (Å²) in [5.74, 6) is -0.317. The first-order chi connectivity index (χ1) is 9.60. The highest BCUT2D eigenvalue weighted by Crippen LogP contribution is 2.23. The van der Waals surface area contributed by atoms with Crippen LogP contribution in [-0.4, -0.2) is 4.98 Å². The van der Waals surface area contributed by atoms with Crippen molar-refractivity contribution in [1.29, 1.82) is 0 Å². The van der Waals surface area contributed by atoms with Crippen molar-refractivity contribution in [2.45, 2.75) is 32.4 Å². The summed E-state index contributed by atoms with van der Waals surface area (Å²) in [4.78, 5) is 4.11. The maximum Gasteiger partial charge on any atom is 0.141 e. The van der Waals surface area contributed by atoms with Gasteiger partial charge in [0, 0.05) is 17.1 Å². The van der Waals surface area contributed by atoms with Crippen LogP contribution in [0.2, 0.25) is 5.02 Å². The third-order valence-electron chi connectivity index (χ3n) is 3.30. The topological polar surface area (TPSA) is 24.9 Å². The number of nitrogens with zero attached hydrogens (tertiary/aromatic N) is 1. The Balaban J connectivity index is 2.11. The van der Waals surface area contributed by atoms with E-state index in [1.165, 1.54) is 12.3 Å². The molecule has 4 heteroatoms. The molecule has 2 unspecified atom stereocenters. The van der Waals surface area contributed by atoms with Crippen molar-refractivity contribution in [3.8, 4) is 0 Å². The lowest BCUT2D eigenvalue weighted by Gasteiger charge is -2.22. The number of nitrogens with one attached hydrogen (secondary N) is 1. The predicted octanol–water partition coefficient (Wildman–Crippen LogP) is 4.68. The van der Waals surface area contributed by atoms with Gasteiger partial charge < -0.3 is 5.32 Å². The molecule has 1 aromatic heterocycles. The second-order valence-corrected chi connectivity index (χ2v) is 5.24. The Kier molecular flexibility index (Phi) is 5.10. The van der Waals surface area contributed by atoms with Crippen LogP contribution < -0.4 is 5.32 Å². The first-order valence-corrected chi connectivity index (χ1v) is 7.11. The van der Waals surface area contributed by atoms with Crippen LogP contribution in [0.3, 0.4) is 0 Å². The minimum Gasteiger partial charge on any atom is -0.302 e. The van der Waals surface area contributed by atoms with Gasteiger partial charge in [0.2, 0.25) is 0 Å². The second-order valence-electron chi connectivity index (χ2n) is 4.81. The zero-order chi connectivity index (χ0) is 14.5. The van der Waals surface area contributed by atoms with Crippen LogP contribution in [0.4, 0.5) is 4.39 Å². The Hall–Kier alpha value is -1.45. The third-order valence-corrected chi connectivity index (χ3v) is 3.54. The summed E-state index contributed by atoms with van der Waals surface area (Å²) >= 11 is 6.04. The molecule has 2 aromatic rings. The van der Waals surface area contributed by atoms with E-state index >= 15 is 0 Å². The lowest BCUT2D eigenvalue weighted by molar-refractivity contribution is 0.449. The first kappa shape index (κ1) is 14.9. The molecule has 106 valence electrons. The van der Waals surface area contributed by atoms with Gasteiger partial charge >= 0.3 is 0 Å². The largest absolute Gasteiger partial charge is 0.302 e. The van der Waals surface area contributed by atoms with Gasteiger partial charge in [-0.3, -0.25) is 4.98 Å². The van der Waals surface area contributed by atoms with Gasteiger partial charge in [-0.15, -0.1) is 0 Å². The van der Waals surface area contributed by atoms with Crippen molar-refractivity contribution in [3.05, 3.63) is 64.7 Å². The molecule has 2 atom stereocenters. The van der Waals surface area contributed by atoms with Gasteiger partial charge in [-0.2, -0.15) is 0 Å². The third kappa shape index (κ3) is 3.78. The molecule has 0 aliphatic carbocycles. The Morgan fingerprint density at radius 1 is 1.30 bits per heavy atom. The monoisotopic (exact) mass is 292 g/mol. The van der Waals surface area contributed by atoms with Crippen molar-refractivity contribution in [1.82, 2.24) is 10.3 Å². The Labute approximate surface area is 124 Å². The van der Waals surface area contributed by atoms with E-state index in [0.29, 0.717) is 0 Å². The zero-order valence-corrected chi connectivity index (χ0v) is 12.4. The van der Waals surface area contributed by atoms with Crippen LogP contribution in [0, 0.1) is 5.82 Å².